The monoisotopic (exact) mass is 200 g/mol. The van der Waals surface area contributed by atoms with Crippen LogP contribution in [0, 0.1) is 0 Å². The van der Waals surface area contributed by atoms with E-state index in [0.29, 0.717) is 5.15 Å². The van der Waals surface area contributed by atoms with Crippen molar-refractivity contribution in [2.45, 2.75) is 20.4 Å². The molecule has 0 aliphatic rings. The first-order valence-corrected chi connectivity index (χ1v) is 4.81. The van der Waals surface area contributed by atoms with Gasteiger partial charge in [-0.3, -0.25) is 0 Å². The summed E-state index contributed by atoms with van der Waals surface area (Å²) in [6.07, 6.45) is 1.79. The van der Waals surface area contributed by atoms with E-state index in [4.69, 9.17) is 11.6 Å². The SMILES string of the molecule is CC.CN(C)Cc1ccc(Cl)nc1. The van der Waals surface area contributed by atoms with Crippen molar-refractivity contribution in [2.75, 3.05) is 14.1 Å². The van der Waals surface area contributed by atoms with Crippen LogP contribution < -0.4 is 0 Å². The Morgan fingerprint density at radius 1 is 1.31 bits per heavy atom. The number of hydrogen-bond acceptors (Lipinski definition) is 2. The highest BCUT2D eigenvalue weighted by Gasteiger charge is 1.94. The van der Waals surface area contributed by atoms with Crippen LogP contribution in [0.25, 0.3) is 0 Å². The number of rotatable bonds is 2. The number of halogens is 1. The van der Waals surface area contributed by atoms with Crippen LogP contribution in [-0.4, -0.2) is 24.0 Å². The van der Waals surface area contributed by atoms with Crippen molar-refractivity contribution in [1.29, 1.82) is 0 Å². The molecule has 74 valence electrons. The zero-order valence-corrected chi connectivity index (χ0v) is 9.47. The van der Waals surface area contributed by atoms with Gasteiger partial charge in [-0.1, -0.05) is 31.5 Å². The molecule has 0 atom stereocenters. The van der Waals surface area contributed by atoms with Crippen LogP contribution in [0.1, 0.15) is 19.4 Å². The van der Waals surface area contributed by atoms with Gasteiger partial charge in [-0.05, 0) is 25.7 Å². The van der Waals surface area contributed by atoms with Gasteiger partial charge in [0, 0.05) is 12.7 Å². The fourth-order valence-corrected chi connectivity index (χ4v) is 0.977. The molecule has 1 aromatic rings. The van der Waals surface area contributed by atoms with Crippen LogP contribution >= 0.6 is 11.6 Å². The highest BCUT2D eigenvalue weighted by atomic mass is 35.5. The van der Waals surface area contributed by atoms with Gasteiger partial charge < -0.3 is 4.90 Å². The van der Waals surface area contributed by atoms with E-state index in [9.17, 15) is 0 Å². The largest absolute Gasteiger partial charge is 0.305 e. The van der Waals surface area contributed by atoms with Crippen LogP contribution in [0.3, 0.4) is 0 Å². The second-order valence-electron chi connectivity index (χ2n) is 2.73. The Bertz CT molecular complexity index is 219. The van der Waals surface area contributed by atoms with E-state index in [1.807, 2.05) is 34.0 Å². The van der Waals surface area contributed by atoms with Crippen LogP contribution in [0.15, 0.2) is 18.3 Å². The Balaban J connectivity index is 0.000000671. The average Bonchev–Trinajstić information content (AvgIpc) is 2.12. The highest BCUT2D eigenvalue weighted by molar-refractivity contribution is 6.29. The van der Waals surface area contributed by atoms with Gasteiger partial charge in [0.1, 0.15) is 5.15 Å². The third-order valence-corrected chi connectivity index (χ3v) is 1.51. The number of pyridine rings is 1. The lowest BCUT2D eigenvalue weighted by Crippen LogP contribution is -2.10. The maximum absolute atomic E-state index is 5.62. The first kappa shape index (κ1) is 12.4. The molecular formula is C10H17ClN2. The average molecular weight is 201 g/mol. The van der Waals surface area contributed by atoms with Gasteiger partial charge in [0.2, 0.25) is 0 Å². The summed E-state index contributed by atoms with van der Waals surface area (Å²) >= 11 is 5.62. The molecule has 0 radical (unpaired) electrons. The Labute approximate surface area is 85.5 Å². The lowest BCUT2D eigenvalue weighted by atomic mass is 10.3. The third-order valence-electron chi connectivity index (χ3n) is 1.29. The number of hydrogen-bond donors (Lipinski definition) is 0. The standard InChI is InChI=1S/C8H11ClN2.C2H6/c1-11(2)6-7-3-4-8(9)10-5-7;1-2/h3-5H,6H2,1-2H3;1-2H3. The molecule has 0 N–H and O–H groups in total. The molecule has 0 aliphatic heterocycles. The van der Waals surface area contributed by atoms with Crippen molar-refractivity contribution in [3.63, 3.8) is 0 Å². The van der Waals surface area contributed by atoms with Crippen LogP contribution in [0.5, 0.6) is 0 Å². The maximum atomic E-state index is 5.62. The summed E-state index contributed by atoms with van der Waals surface area (Å²) in [5.74, 6) is 0. The van der Waals surface area contributed by atoms with E-state index in [2.05, 4.69) is 9.88 Å². The summed E-state index contributed by atoms with van der Waals surface area (Å²) in [5, 5.41) is 0.549. The summed E-state index contributed by atoms with van der Waals surface area (Å²) in [4.78, 5) is 6.06. The maximum Gasteiger partial charge on any atom is 0.129 e. The molecule has 3 heteroatoms. The predicted molar refractivity (Wildman–Crippen MR) is 58.0 cm³/mol. The van der Waals surface area contributed by atoms with Crippen molar-refractivity contribution in [3.05, 3.63) is 29.0 Å². The van der Waals surface area contributed by atoms with Crippen LogP contribution in [0.4, 0.5) is 0 Å². The molecule has 1 rings (SSSR count). The quantitative estimate of drug-likeness (QED) is 0.683. The normalized spacial score (nSPS) is 9.38. The first-order chi connectivity index (χ1) is 6.18. The molecule has 0 aliphatic carbocycles. The molecule has 0 spiro atoms. The molecule has 0 bridgehead atoms. The van der Waals surface area contributed by atoms with Gasteiger partial charge in [-0.15, -0.1) is 0 Å². The van der Waals surface area contributed by atoms with Gasteiger partial charge in [-0.25, -0.2) is 4.98 Å². The zero-order chi connectivity index (χ0) is 10.3. The molecule has 0 unspecified atom stereocenters. The Hall–Kier alpha value is -0.600. The molecule has 0 fully saturated rings. The van der Waals surface area contributed by atoms with E-state index in [1.165, 1.54) is 5.56 Å². The third kappa shape index (κ3) is 5.61. The van der Waals surface area contributed by atoms with Gasteiger partial charge in [0.25, 0.3) is 0 Å². The van der Waals surface area contributed by atoms with Gasteiger partial charge in [0.15, 0.2) is 0 Å². The van der Waals surface area contributed by atoms with Gasteiger partial charge in [-0.2, -0.15) is 0 Å². The Morgan fingerprint density at radius 2 is 1.92 bits per heavy atom. The molecule has 0 amide bonds. The lowest BCUT2D eigenvalue weighted by molar-refractivity contribution is 0.402. The van der Waals surface area contributed by atoms with Gasteiger partial charge >= 0.3 is 0 Å². The lowest BCUT2D eigenvalue weighted by Gasteiger charge is -2.08. The minimum Gasteiger partial charge on any atom is -0.305 e. The molecule has 1 aromatic heterocycles. The predicted octanol–water partition coefficient (Wildman–Crippen LogP) is 2.82. The van der Waals surface area contributed by atoms with E-state index in [0.717, 1.165) is 6.54 Å². The molecule has 0 aromatic carbocycles. The van der Waals surface area contributed by atoms with E-state index in [-0.39, 0.29) is 0 Å². The summed E-state index contributed by atoms with van der Waals surface area (Å²) in [6.45, 7) is 4.91. The van der Waals surface area contributed by atoms with Crippen molar-refractivity contribution in [3.8, 4) is 0 Å². The summed E-state index contributed by atoms with van der Waals surface area (Å²) in [7, 11) is 4.04. The molecule has 2 nitrogen and oxygen atoms in total. The molecule has 1 heterocycles. The summed E-state index contributed by atoms with van der Waals surface area (Å²) < 4.78 is 0. The van der Waals surface area contributed by atoms with Crippen molar-refractivity contribution in [1.82, 2.24) is 9.88 Å². The molecular weight excluding hydrogens is 184 g/mol. The second kappa shape index (κ2) is 6.87. The van der Waals surface area contributed by atoms with E-state index in [1.54, 1.807) is 12.3 Å². The topological polar surface area (TPSA) is 16.1 Å². The number of aromatic nitrogens is 1. The van der Waals surface area contributed by atoms with Crippen molar-refractivity contribution < 1.29 is 0 Å². The van der Waals surface area contributed by atoms with Gasteiger partial charge in [0.05, 0.1) is 0 Å². The summed E-state index contributed by atoms with van der Waals surface area (Å²) in [6, 6.07) is 3.79. The minimum absolute atomic E-state index is 0.549. The van der Waals surface area contributed by atoms with Crippen LogP contribution in [-0.2, 0) is 6.54 Å². The second-order valence-corrected chi connectivity index (χ2v) is 3.11. The molecule has 0 saturated carbocycles. The zero-order valence-electron chi connectivity index (χ0n) is 8.71. The Kier molecular flexibility index (Phi) is 6.55. The number of nitrogens with zero attached hydrogens (tertiary/aromatic N) is 2. The fourth-order valence-electron chi connectivity index (χ4n) is 0.865. The fraction of sp³-hybridized carbons (Fsp3) is 0.500. The van der Waals surface area contributed by atoms with E-state index < -0.39 is 0 Å². The van der Waals surface area contributed by atoms with Crippen molar-refractivity contribution in [2.24, 2.45) is 0 Å². The summed E-state index contributed by atoms with van der Waals surface area (Å²) in [5.41, 5.74) is 1.18. The van der Waals surface area contributed by atoms with E-state index >= 15 is 0 Å². The molecule has 13 heavy (non-hydrogen) atoms. The molecule has 0 saturated heterocycles. The van der Waals surface area contributed by atoms with Crippen LogP contribution in [0.2, 0.25) is 5.15 Å². The van der Waals surface area contributed by atoms with Crippen molar-refractivity contribution >= 4 is 11.6 Å². The smallest absolute Gasteiger partial charge is 0.129 e. The minimum atomic E-state index is 0.549. The highest BCUT2D eigenvalue weighted by Crippen LogP contribution is 2.05. The Morgan fingerprint density at radius 3 is 2.31 bits per heavy atom. The first-order valence-electron chi connectivity index (χ1n) is 4.43.